The molecule has 0 aliphatic rings. The number of aromatic nitrogens is 4. The lowest BCUT2D eigenvalue weighted by molar-refractivity contribution is 0.476. The molecule has 3 aromatic heterocycles. The van der Waals surface area contributed by atoms with Gasteiger partial charge in [-0.2, -0.15) is 4.98 Å². The number of nitrogens with one attached hydrogen (secondary N) is 4. The van der Waals surface area contributed by atoms with Crippen LogP contribution in [0.15, 0.2) is 67.1 Å². The van der Waals surface area contributed by atoms with Crippen LogP contribution in [0, 0.1) is 0 Å². The molecule has 7 nitrogen and oxygen atoms in total. The Morgan fingerprint density at radius 1 is 0.933 bits per heavy atom. The normalized spacial score (nSPS) is 11.2. The number of aromatic amines is 2. The van der Waals surface area contributed by atoms with Crippen LogP contribution in [0.25, 0.3) is 21.8 Å². The molecule has 5 rings (SSSR count). The van der Waals surface area contributed by atoms with Gasteiger partial charge >= 0.3 is 0 Å². The Balaban J connectivity index is 1.19. The molecule has 0 spiro atoms. The van der Waals surface area contributed by atoms with Crippen LogP contribution in [0.4, 0.5) is 11.8 Å². The van der Waals surface area contributed by atoms with Crippen molar-refractivity contribution in [2.24, 2.45) is 0 Å². The van der Waals surface area contributed by atoms with E-state index >= 15 is 0 Å². The van der Waals surface area contributed by atoms with Crippen molar-refractivity contribution in [3.8, 4) is 5.75 Å². The summed E-state index contributed by atoms with van der Waals surface area (Å²) in [5, 5.41) is 18.6. The Morgan fingerprint density at radius 3 is 2.87 bits per heavy atom. The molecule has 0 aliphatic heterocycles. The number of hydrogen-bond acceptors (Lipinski definition) is 5. The van der Waals surface area contributed by atoms with E-state index in [1.165, 1.54) is 10.9 Å². The monoisotopic (exact) mass is 398 g/mol. The van der Waals surface area contributed by atoms with Gasteiger partial charge in [-0.15, -0.1) is 0 Å². The second-order valence-electron chi connectivity index (χ2n) is 7.24. The van der Waals surface area contributed by atoms with Crippen molar-refractivity contribution >= 4 is 33.6 Å². The molecule has 0 fully saturated rings. The minimum Gasteiger partial charge on any atom is -0.508 e. The Labute approximate surface area is 173 Å². The molecule has 7 heteroatoms. The molecule has 3 heterocycles. The molecule has 0 radical (unpaired) electrons. The second kappa shape index (κ2) is 7.79. The van der Waals surface area contributed by atoms with Crippen molar-refractivity contribution in [2.75, 3.05) is 17.2 Å². The number of H-pyrrole nitrogens is 2. The van der Waals surface area contributed by atoms with Gasteiger partial charge < -0.3 is 25.7 Å². The summed E-state index contributed by atoms with van der Waals surface area (Å²) in [6, 6.07) is 15.6. The summed E-state index contributed by atoms with van der Waals surface area (Å²) in [6.45, 7) is 1.37. The van der Waals surface area contributed by atoms with E-state index in [2.05, 4.69) is 54.8 Å². The summed E-state index contributed by atoms with van der Waals surface area (Å²) in [5.74, 6) is 1.63. The molecule has 5 N–H and O–H groups in total. The molecule has 150 valence electrons. The number of anilines is 2. The molecule has 0 aliphatic carbocycles. The van der Waals surface area contributed by atoms with Crippen LogP contribution < -0.4 is 10.6 Å². The molecule has 30 heavy (non-hydrogen) atoms. The third-order valence-electron chi connectivity index (χ3n) is 5.18. The lowest BCUT2D eigenvalue weighted by Gasteiger charge is -2.09. The third-order valence-corrected chi connectivity index (χ3v) is 5.18. The van der Waals surface area contributed by atoms with Crippen molar-refractivity contribution in [3.05, 3.63) is 78.2 Å². The standard InChI is InChI=1S/C23H22N6O/c30-18-3-4-20-19(12-18)17(14-27-20)6-9-25-23-26-10-7-22(29-23)28-13-15-1-2-16-5-8-24-21(16)11-15/h1-5,7-8,10-12,14,24,27,30H,6,9,13H2,(H2,25,26,28,29). The molecule has 0 atom stereocenters. The van der Waals surface area contributed by atoms with Gasteiger partial charge in [0.1, 0.15) is 11.6 Å². The van der Waals surface area contributed by atoms with Gasteiger partial charge in [0.15, 0.2) is 0 Å². The van der Waals surface area contributed by atoms with E-state index in [4.69, 9.17) is 0 Å². The lowest BCUT2D eigenvalue weighted by atomic mass is 10.1. The molecule has 0 saturated heterocycles. The summed E-state index contributed by atoms with van der Waals surface area (Å²) in [5.41, 5.74) is 4.47. The number of phenols is 1. The highest BCUT2D eigenvalue weighted by atomic mass is 16.3. The largest absolute Gasteiger partial charge is 0.508 e. The first-order valence-electron chi connectivity index (χ1n) is 9.90. The van der Waals surface area contributed by atoms with Crippen molar-refractivity contribution in [1.29, 1.82) is 0 Å². The van der Waals surface area contributed by atoms with Gasteiger partial charge in [0.05, 0.1) is 0 Å². The minimum absolute atomic E-state index is 0.272. The molecule has 2 aromatic carbocycles. The van der Waals surface area contributed by atoms with E-state index in [1.807, 2.05) is 24.5 Å². The first-order chi connectivity index (χ1) is 14.7. The van der Waals surface area contributed by atoms with Crippen molar-refractivity contribution < 1.29 is 5.11 Å². The maximum atomic E-state index is 9.72. The van der Waals surface area contributed by atoms with E-state index in [1.54, 1.807) is 18.3 Å². The summed E-state index contributed by atoms with van der Waals surface area (Å²) in [4.78, 5) is 15.3. The number of nitrogens with zero attached hydrogens (tertiary/aromatic N) is 2. The first kappa shape index (κ1) is 18.1. The minimum atomic E-state index is 0.272. The Kier molecular flexibility index (Phi) is 4.69. The fraction of sp³-hybridized carbons (Fsp3) is 0.130. The molecule has 0 amide bonds. The van der Waals surface area contributed by atoms with Crippen LogP contribution in [0.2, 0.25) is 0 Å². The Hall–Kier alpha value is -4.00. The SMILES string of the molecule is Oc1ccc2[nH]cc(CCNc3nccc(NCc4ccc5cc[nH]c5c4)n3)c2c1. The van der Waals surface area contributed by atoms with Gasteiger partial charge in [0.25, 0.3) is 0 Å². The quantitative estimate of drug-likeness (QED) is 0.279. The number of aromatic hydroxyl groups is 1. The molecular weight excluding hydrogens is 376 g/mol. The lowest BCUT2D eigenvalue weighted by Crippen LogP contribution is -2.09. The number of phenolic OH excluding ortho intramolecular Hbond substituents is 1. The highest BCUT2D eigenvalue weighted by Gasteiger charge is 2.06. The van der Waals surface area contributed by atoms with E-state index in [-0.39, 0.29) is 5.75 Å². The van der Waals surface area contributed by atoms with Gasteiger partial charge in [-0.05, 0) is 59.3 Å². The summed E-state index contributed by atoms with van der Waals surface area (Å²) >= 11 is 0. The van der Waals surface area contributed by atoms with Crippen LogP contribution in [-0.2, 0) is 13.0 Å². The van der Waals surface area contributed by atoms with Crippen molar-refractivity contribution in [3.63, 3.8) is 0 Å². The summed E-state index contributed by atoms with van der Waals surface area (Å²) in [6.07, 6.45) is 6.46. The Bertz CT molecular complexity index is 1310. The fourth-order valence-corrected chi connectivity index (χ4v) is 3.62. The topological polar surface area (TPSA) is 102 Å². The molecule has 0 saturated carbocycles. The number of benzene rings is 2. The third kappa shape index (κ3) is 3.77. The smallest absolute Gasteiger partial charge is 0.224 e. The van der Waals surface area contributed by atoms with Crippen molar-refractivity contribution in [1.82, 2.24) is 19.9 Å². The highest BCUT2D eigenvalue weighted by Crippen LogP contribution is 2.23. The van der Waals surface area contributed by atoms with E-state index in [0.717, 1.165) is 34.2 Å². The number of rotatable bonds is 7. The first-order valence-corrected chi connectivity index (χ1v) is 9.90. The predicted octanol–water partition coefficient (Wildman–Crippen LogP) is 4.41. The Morgan fingerprint density at radius 2 is 1.90 bits per heavy atom. The van der Waals surface area contributed by atoms with Crippen LogP contribution >= 0.6 is 0 Å². The zero-order chi connectivity index (χ0) is 20.3. The molecule has 5 aromatic rings. The van der Waals surface area contributed by atoms with Crippen LogP contribution in [0.3, 0.4) is 0 Å². The average molecular weight is 398 g/mol. The molecule has 0 bridgehead atoms. The highest BCUT2D eigenvalue weighted by molar-refractivity contribution is 5.84. The summed E-state index contributed by atoms with van der Waals surface area (Å²) < 4.78 is 0. The van der Waals surface area contributed by atoms with E-state index in [0.29, 0.717) is 19.0 Å². The van der Waals surface area contributed by atoms with Gasteiger partial charge in [0, 0.05) is 48.1 Å². The molecular formula is C23H22N6O. The van der Waals surface area contributed by atoms with E-state index < -0.39 is 0 Å². The predicted molar refractivity (Wildman–Crippen MR) is 120 cm³/mol. The average Bonchev–Trinajstić information content (AvgIpc) is 3.39. The second-order valence-corrected chi connectivity index (χ2v) is 7.24. The van der Waals surface area contributed by atoms with Gasteiger partial charge in [-0.25, -0.2) is 4.98 Å². The zero-order valence-corrected chi connectivity index (χ0v) is 16.3. The van der Waals surface area contributed by atoms with Crippen LogP contribution in [0.5, 0.6) is 5.75 Å². The van der Waals surface area contributed by atoms with E-state index in [9.17, 15) is 5.11 Å². The zero-order valence-electron chi connectivity index (χ0n) is 16.3. The number of hydrogen-bond donors (Lipinski definition) is 5. The van der Waals surface area contributed by atoms with Gasteiger partial charge in [0.2, 0.25) is 5.95 Å². The van der Waals surface area contributed by atoms with Gasteiger partial charge in [-0.3, -0.25) is 0 Å². The summed E-state index contributed by atoms with van der Waals surface area (Å²) in [7, 11) is 0. The molecule has 0 unspecified atom stereocenters. The van der Waals surface area contributed by atoms with Gasteiger partial charge in [-0.1, -0.05) is 12.1 Å². The van der Waals surface area contributed by atoms with Crippen LogP contribution in [0.1, 0.15) is 11.1 Å². The van der Waals surface area contributed by atoms with Crippen LogP contribution in [-0.4, -0.2) is 31.6 Å². The maximum Gasteiger partial charge on any atom is 0.224 e. The van der Waals surface area contributed by atoms with Crippen molar-refractivity contribution in [2.45, 2.75) is 13.0 Å². The maximum absolute atomic E-state index is 9.72. The number of fused-ring (bicyclic) bond motifs is 2. The fourth-order valence-electron chi connectivity index (χ4n) is 3.62.